The van der Waals surface area contributed by atoms with E-state index in [0.717, 1.165) is 5.56 Å². The molecule has 0 atom stereocenters. The van der Waals surface area contributed by atoms with Crippen LogP contribution in [-0.2, 0) is 11.3 Å². The maximum absolute atomic E-state index is 12.1. The number of halogens is 4. The van der Waals surface area contributed by atoms with E-state index in [1.165, 1.54) is 0 Å². The molecule has 1 aliphatic heterocycles. The fraction of sp³-hybridized carbons (Fsp3) is 0.500. The number of rotatable bonds is 4. The van der Waals surface area contributed by atoms with Gasteiger partial charge < -0.3 is 15.5 Å². The molecule has 1 aliphatic rings. The summed E-state index contributed by atoms with van der Waals surface area (Å²) in [5, 5.41) is 5.28. The van der Waals surface area contributed by atoms with Crippen molar-refractivity contribution >= 4 is 23.5 Å². The second-order valence-electron chi connectivity index (χ2n) is 5.88. The molecule has 1 heterocycles. The third-order valence-electron chi connectivity index (χ3n) is 3.97. The van der Waals surface area contributed by atoms with Crippen molar-refractivity contribution < 1.29 is 22.8 Å². The Hall–Kier alpha value is -1.96. The number of urea groups is 1. The maximum Gasteiger partial charge on any atom is 0.405 e. The SMILES string of the molecule is O=C(NCC(F)(F)F)C1CCN(C(=O)NCc2ccc(Cl)cc2)CC1. The molecule has 138 valence electrons. The highest BCUT2D eigenvalue weighted by Gasteiger charge is 2.31. The van der Waals surface area contributed by atoms with E-state index in [1.54, 1.807) is 29.2 Å². The lowest BCUT2D eigenvalue weighted by Crippen LogP contribution is -2.47. The molecule has 5 nitrogen and oxygen atoms in total. The zero-order chi connectivity index (χ0) is 18.4. The first kappa shape index (κ1) is 19.4. The van der Waals surface area contributed by atoms with Crippen LogP contribution in [0.1, 0.15) is 18.4 Å². The lowest BCUT2D eigenvalue weighted by atomic mass is 9.96. The monoisotopic (exact) mass is 377 g/mol. The highest BCUT2D eigenvalue weighted by atomic mass is 35.5. The lowest BCUT2D eigenvalue weighted by Gasteiger charge is -2.31. The Morgan fingerprint density at radius 3 is 2.28 bits per heavy atom. The number of hydrogen-bond donors (Lipinski definition) is 2. The Labute approximate surface area is 148 Å². The minimum absolute atomic E-state index is 0.260. The number of amides is 3. The molecule has 2 rings (SSSR count). The molecule has 1 saturated heterocycles. The molecule has 0 bridgehead atoms. The number of nitrogens with zero attached hydrogens (tertiary/aromatic N) is 1. The number of carbonyl (C=O) groups is 2. The first-order valence-corrected chi connectivity index (χ1v) is 8.24. The number of hydrogen-bond acceptors (Lipinski definition) is 2. The van der Waals surface area contributed by atoms with Gasteiger partial charge >= 0.3 is 12.2 Å². The molecular formula is C16H19ClF3N3O2. The summed E-state index contributed by atoms with van der Waals surface area (Å²) in [6.07, 6.45) is -3.73. The van der Waals surface area contributed by atoms with E-state index in [1.807, 2.05) is 5.32 Å². The summed E-state index contributed by atoms with van der Waals surface area (Å²) in [5.41, 5.74) is 0.902. The molecule has 0 aliphatic carbocycles. The molecule has 0 saturated carbocycles. The quantitative estimate of drug-likeness (QED) is 0.847. The number of piperidine rings is 1. The molecule has 0 aromatic heterocycles. The van der Waals surface area contributed by atoms with Crippen LogP contribution < -0.4 is 10.6 Å². The smallest absolute Gasteiger partial charge is 0.347 e. The Bertz CT molecular complexity index is 600. The van der Waals surface area contributed by atoms with Crippen molar-refractivity contribution in [2.45, 2.75) is 25.6 Å². The molecule has 3 amide bonds. The van der Waals surface area contributed by atoms with Gasteiger partial charge in [-0.1, -0.05) is 23.7 Å². The van der Waals surface area contributed by atoms with Crippen molar-refractivity contribution in [3.63, 3.8) is 0 Å². The van der Waals surface area contributed by atoms with Crippen LogP contribution in [-0.4, -0.2) is 42.6 Å². The van der Waals surface area contributed by atoms with Crippen molar-refractivity contribution in [2.75, 3.05) is 19.6 Å². The van der Waals surface area contributed by atoms with Gasteiger partial charge in [0.25, 0.3) is 0 Å². The Balaban J connectivity index is 1.72. The van der Waals surface area contributed by atoms with E-state index < -0.39 is 24.5 Å². The Morgan fingerprint density at radius 1 is 1.12 bits per heavy atom. The minimum Gasteiger partial charge on any atom is -0.347 e. The van der Waals surface area contributed by atoms with Gasteiger partial charge in [0.05, 0.1) is 0 Å². The van der Waals surface area contributed by atoms with Crippen LogP contribution in [0.5, 0.6) is 0 Å². The second kappa shape index (κ2) is 8.42. The molecule has 25 heavy (non-hydrogen) atoms. The van der Waals surface area contributed by atoms with Crippen LogP contribution in [0.4, 0.5) is 18.0 Å². The van der Waals surface area contributed by atoms with E-state index >= 15 is 0 Å². The van der Waals surface area contributed by atoms with Gasteiger partial charge in [-0.05, 0) is 30.5 Å². The zero-order valence-electron chi connectivity index (χ0n) is 13.4. The molecule has 1 aromatic rings. The van der Waals surface area contributed by atoms with Crippen molar-refractivity contribution in [1.82, 2.24) is 15.5 Å². The van der Waals surface area contributed by atoms with Crippen molar-refractivity contribution in [2.24, 2.45) is 5.92 Å². The third-order valence-corrected chi connectivity index (χ3v) is 4.22. The molecular weight excluding hydrogens is 359 g/mol. The van der Waals surface area contributed by atoms with Gasteiger partial charge in [0, 0.05) is 30.6 Å². The molecule has 0 unspecified atom stereocenters. The summed E-state index contributed by atoms with van der Waals surface area (Å²) in [6.45, 7) is -0.317. The second-order valence-corrected chi connectivity index (χ2v) is 6.32. The fourth-order valence-corrected chi connectivity index (χ4v) is 2.69. The summed E-state index contributed by atoms with van der Waals surface area (Å²) in [7, 11) is 0. The fourth-order valence-electron chi connectivity index (χ4n) is 2.57. The van der Waals surface area contributed by atoms with Crippen molar-refractivity contribution in [3.05, 3.63) is 34.9 Å². The number of benzene rings is 1. The lowest BCUT2D eigenvalue weighted by molar-refractivity contribution is -0.141. The van der Waals surface area contributed by atoms with Gasteiger partial charge in [-0.2, -0.15) is 13.2 Å². The Kier molecular flexibility index (Phi) is 6.52. The van der Waals surface area contributed by atoms with Gasteiger partial charge in [-0.25, -0.2) is 4.79 Å². The van der Waals surface area contributed by atoms with E-state index in [4.69, 9.17) is 11.6 Å². The van der Waals surface area contributed by atoms with Crippen LogP contribution >= 0.6 is 11.6 Å². The standard InChI is InChI=1S/C16H19ClF3N3O2/c17-13-3-1-11(2-4-13)9-21-15(25)23-7-5-12(6-8-23)14(24)22-10-16(18,19)20/h1-4,12H,5-10H2,(H,21,25)(H,22,24). The normalized spacial score (nSPS) is 15.8. The predicted octanol–water partition coefficient (Wildman–Crippen LogP) is 2.94. The largest absolute Gasteiger partial charge is 0.405 e. The molecule has 9 heteroatoms. The maximum atomic E-state index is 12.1. The molecule has 1 fully saturated rings. The molecule has 1 aromatic carbocycles. The summed E-state index contributed by atoms with van der Waals surface area (Å²) in [4.78, 5) is 25.4. The molecule has 0 spiro atoms. The summed E-state index contributed by atoms with van der Waals surface area (Å²) in [6, 6.07) is 6.81. The topological polar surface area (TPSA) is 61.4 Å². The van der Waals surface area contributed by atoms with E-state index in [0.29, 0.717) is 37.5 Å². The first-order valence-electron chi connectivity index (χ1n) is 7.86. The van der Waals surface area contributed by atoms with Crippen LogP contribution in [0.25, 0.3) is 0 Å². The summed E-state index contributed by atoms with van der Waals surface area (Å²) >= 11 is 5.79. The number of alkyl halides is 3. The molecule has 0 radical (unpaired) electrons. The molecule has 2 N–H and O–H groups in total. The van der Waals surface area contributed by atoms with Crippen LogP contribution in [0, 0.1) is 5.92 Å². The van der Waals surface area contributed by atoms with Crippen LogP contribution in [0.3, 0.4) is 0 Å². The van der Waals surface area contributed by atoms with Crippen LogP contribution in [0.15, 0.2) is 24.3 Å². The van der Waals surface area contributed by atoms with Gasteiger partial charge in [-0.15, -0.1) is 0 Å². The van der Waals surface area contributed by atoms with Gasteiger partial charge in [0.2, 0.25) is 5.91 Å². The highest BCUT2D eigenvalue weighted by Crippen LogP contribution is 2.19. The minimum atomic E-state index is -4.42. The van der Waals surface area contributed by atoms with Crippen molar-refractivity contribution in [3.8, 4) is 0 Å². The first-order chi connectivity index (χ1) is 11.7. The average Bonchev–Trinajstić information content (AvgIpc) is 2.58. The summed E-state index contributed by atoms with van der Waals surface area (Å²) < 4.78 is 36.3. The van der Waals surface area contributed by atoms with E-state index in [2.05, 4.69) is 5.32 Å². The van der Waals surface area contributed by atoms with Gasteiger partial charge in [0.1, 0.15) is 6.54 Å². The average molecular weight is 378 g/mol. The summed E-state index contributed by atoms with van der Waals surface area (Å²) in [5.74, 6) is -1.11. The highest BCUT2D eigenvalue weighted by molar-refractivity contribution is 6.30. The van der Waals surface area contributed by atoms with Crippen molar-refractivity contribution in [1.29, 1.82) is 0 Å². The van der Waals surface area contributed by atoms with E-state index in [9.17, 15) is 22.8 Å². The number of nitrogens with one attached hydrogen (secondary N) is 2. The van der Waals surface area contributed by atoms with Crippen LogP contribution in [0.2, 0.25) is 5.02 Å². The van der Waals surface area contributed by atoms with Gasteiger partial charge in [0.15, 0.2) is 0 Å². The number of likely N-dealkylation sites (tertiary alicyclic amines) is 1. The van der Waals surface area contributed by atoms with E-state index in [-0.39, 0.29) is 6.03 Å². The van der Waals surface area contributed by atoms with Gasteiger partial charge in [-0.3, -0.25) is 4.79 Å². The predicted molar refractivity (Wildman–Crippen MR) is 87.0 cm³/mol. The Morgan fingerprint density at radius 2 is 1.72 bits per heavy atom. The zero-order valence-corrected chi connectivity index (χ0v) is 14.2. The number of carbonyl (C=O) groups excluding carboxylic acids is 2. The third kappa shape index (κ3) is 6.45.